The molecule has 2 N–H and O–H groups in total. The predicted molar refractivity (Wildman–Crippen MR) is 101 cm³/mol. The monoisotopic (exact) mass is 408 g/mol. The Labute approximate surface area is 163 Å². The van der Waals surface area contributed by atoms with Crippen LogP contribution in [0.2, 0.25) is 5.15 Å². The zero-order chi connectivity index (χ0) is 19.0. The van der Waals surface area contributed by atoms with Crippen LogP contribution < -0.4 is 10.6 Å². The van der Waals surface area contributed by atoms with Gasteiger partial charge in [-0.2, -0.15) is 8.78 Å². The maximum Gasteiger partial charge on any atom is 0.303 e. The van der Waals surface area contributed by atoms with E-state index in [0.717, 1.165) is 42.7 Å². The molecule has 27 heavy (non-hydrogen) atoms. The SMILES string of the molecule is CC(F)(F)c1nccc(Nc2cc(Cl)ncc2-c2nc3c(s2)CCNC3)n1. The summed E-state index contributed by atoms with van der Waals surface area (Å²) in [6.45, 7) is 2.42. The molecule has 3 aromatic heterocycles. The first-order valence-electron chi connectivity index (χ1n) is 8.24. The zero-order valence-corrected chi connectivity index (χ0v) is 15.8. The van der Waals surface area contributed by atoms with Gasteiger partial charge in [0.2, 0.25) is 5.82 Å². The number of fused-ring (bicyclic) bond motifs is 1. The van der Waals surface area contributed by atoms with Crippen LogP contribution in [0.15, 0.2) is 24.5 Å². The molecule has 0 aromatic carbocycles. The summed E-state index contributed by atoms with van der Waals surface area (Å²) in [7, 11) is 0. The van der Waals surface area contributed by atoms with Crippen molar-refractivity contribution in [3.8, 4) is 10.6 Å². The topological polar surface area (TPSA) is 75.6 Å². The van der Waals surface area contributed by atoms with Gasteiger partial charge in [0.05, 0.1) is 16.9 Å². The Morgan fingerprint density at radius 1 is 1.30 bits per heavy atom. The molecule has 1 aliphatic heterocycles. The molecule has 6 nitrogen and oxygen atoms in total. The summed E-state index contributed by atoms with van der Waals surface area (Å²) >= 11 is 7.64. The van der Waals surface area contributed by atoms with Crippen LogP contribution in [-0.4, -0.2) is 26.5 Å². The standard InChI is InChI=1S/C17H15ClF2N6S/c1-17(19,20)16-22-5-3-14(26-16)24-10-6-13(18)23-7-9(10)15-25-11-8-21-4-2-12(11)27-15/h3,5-7,21H,2,4,8H2,1H3,(H,22,23,24,26). The van der Waals surface area contributed by atoms with Gasteiger partial charge in [-0.1, -0.05) is 11.6 Å². The van der Waals surface area contributed by atoms with Crippen molar-refractivity contribution in [3.05, 3.63) is 46.1 Å². The van der Waals surface area contributed by atoms with E-state index in [9.17, 15) is 8.78 Å². The second-order valence-electron chi connectivity index (χ2n) is 6.15. The molecule has 0 radical (unpaired) electrons. The molecule has 0 saturated carbocycles. The normalized spacial score (nSPS) is 14.1. The van der Waals surface area contributed by atoms with Crippen LogP contribution in [0.25, 0.3) is 10.6 Å². The minimum Gasteiger partial charge on any atom is -0.339 e. The second kappa shape index (κ2) is 7.06. The number of nitrogens with one attached hydrogen (secondary N) is 2. The molecular weight excluding hydrogens is 394 g/mol. The number of aromatic nitrogens is 4. The van der Waals surface area contributed by atoms with Crippen LogP contribution in [-0.2, 0) is 18.9 Å². The van der Waals surface area contributed by atoms with Gasteiger partial charge < -0.3 is 10.6 Å². The molecular formula is C17H15ClF2N6S. The van der Waals surface area contributed by atoms with Gasteiger partial charge >= 0.3 is 5.92 Å². The van der Waals surface area contributed by atoms with Crippen LogP contribution in [0.3, 0.4) is 0 Å². The Balaban J connectivity index is 1.71. The highest BCUT2D eigenvalue weighted by Crippen LogP contribution is 2.36. The number of pyridine rings is 1. The van der Waals surface area contributed by atoms with E-state index in [2.05, 4.69) is 30.6 Å². The van der Waals surface area contributed by atoms with Gasteiger partial charge in [-0.3, -0.25) is 0 Å². The van der Waals surface area contributed by atoms with Crippen molar-refractivity contribution in [1.29, 1.82) is 0 Å². The molecule has 4 heterocycles. The maximum atomic E-state index is 13.5. The van der Waals surface area contributed by atoms with Crippen molar-refractivity contribution in [2.75, 3.05) is 11.9 Å². The Hall–Kier alpha value is -2.23. The zero-order valence-electron chi connectivity index (χ0n) is 14.3. The summed E-state index contributed by atoms with van der Waals surface area (Å²) in [5.74, 6) is -3.43. The quantitative estimate of drug-likeness (QED) is 0.631. The van der Waals surface area contributed by atoms with Gasteiger partial charge in [-0.05, 0) is 18.6 Å². The second-order valence-corrected chi connectivity index (χ2v) is 7.62. The van der Waals surface area contributed by atoms with E-state index in [-0.39, 0.29) is 11.0 Å². The van der Waals surface area contributed by atoms with Crippen molar-refractivity contribution in [1.82, 2.24) is 25.3 Å². The molecule has 10 heteroatoms. The Kier molecular flexibility index (Phi) is 4.75. The molecule has 0 amide bonds. The lowest BCUT2D eigenvalue weighted by atomic mass is 10.2. The van der Waals surface area contributed by atoms with Crippen LogP contribution in [0.4, 0.5) is 20.3 Å². The van der Waals surface area contributed by atoms with Gasteiger partial charge in [0, 0.05) is 37.3 Å². The number of hydrogen-bond donors (Lipinski definition) is 2. The summed E-state index contributed by atoms with van der Waals surface area (Å²) in [4.78, 5) is 17.6. The first-order chi connectivity index (χ1) is 12.9. The highest BCUT2D eigenvalue weighted by atomic mass is 35.5. The summed E-state index contributed by atoms with van der Waals surface area (Å²) in [6, 6.07) is 3.14. The molecule has 3 aromatic rings. The number of alkyl halides is 2. The smallest absolute Gasteiger partial charge is 0.303 e. The van der Waals surface area contributed by atoms with Crippen LogP contribution in [0.1, 0.15) is 23.3 Å². The largest absolute Gasteiger partial charge is 0.339 e. The molecule has 4 rings (SSSR count). The number of thiazole rings is 1. The lowest BCUT2D eigenvalue weighted by Crippen LogP contribution is -2.22. The van der Waals surface area contributed by atoms with Gasteiger partial charge in [-0.15, -0.1) is 11.3 Å². The third-order valence-electron chi connectivity index (χ3n) is 4.01. The van der Waals surface area contributed by atoms with E-state index in [1.165, 1.54) is 17.1 Å². The highest BCUT2D eigenvalue weighted by Gasteiger charge is 2.28. The maximum absolute atomic E-state index is 13.5. The van der Waals surface area contributed by atoms with Gasteiger partial charge in [0.1, 0.15) is 16.0 Å². The van der Waals surface area contributed by atoms with Crippen molar-refractivity contribution < 1.29 is 8.78 Å². The van der Waals surface area contributed by atoms with Crippen molar-refractivity contribution in [2.24, 2.45) is 0 Å². The minimum absolute atomic E-state index is 0.244. The first kappa shape index (κ1) is 18.1. The highest BCUT2D eigenvalue weighted by molar-refractivity contribution is 7.15. The number of rotatable bonds is 4. The Morgan fingerprint density at radius 2 is 2.15 bits per heavy atom. The van der Waals surface area contributed by atoms with Crippen LogP contribution in [0, 0.1) is 0 Å². The molecule has 0 aliphatic carbocycles. The molecule has 0 bridgehead atoms. The summed E-state index contributed by atoms with van der Waals surface area (Å²) < 4.78 is 27.0. The van der Waals surface area contributed by atoms with E-state index in [0.29, 0.717) is 5.69 Å². The summed E-state index contributed by atoms with van der Waals surface area (Å²) in [6.07, 6.45) is 3.84. The molecule has 0 unspecified atom stereocenters. The number of hydrogen-bond acceptors (Lipinski definition) is 7. The van der Waals surface area contributed by atoms with Gasteiger partial charge in [0.25, 0.3) is 0 Å². The van der Waals surface area contributed by atoms with E-state index >= 15 is 0 Å². The number of nitrogens with zero attached hydrogens (tertiary/aromatic N) is 4. The lowest BCUT2D eigenvalue weighted by molar-refractivity contribution is 0.00783. The molecule has 0 spiro atoms. The summed E-state index contributed by atoms with van der Waals surface area (Å²) in [5.41, 5.74) is 2.36. The molecule has 0 atom stereocenters. The third kappa shape index (κ3) is 3.90. The number of halogens is 3. The van der Waals surface area contributed by atoms with E-state index in [1.54, 1.807) is 23.6 Å². The predicted octanol–water partition coefficient (Wildman–Crippen LogP) is 4.15. The fraction of sp³-hybridized carbons (Fsp3) is 0.294. The first-order valence-corrected chi connectivity index (χ1v) is 9.43. The number of anilines is 2. The fourth-order valence-corrected chi connectivity index (χ4v) is 3.98. The Bertz CT molecular complexity index is 964. The molecule has 0 saturated heterocycles. The molecule has 140 valence electrons. The van der Waals surface area contributed by atoms with Crippen molar-refractivity contribution in [3.63, 3.8) is 0 Å². The van der Waals surface area contributed by atoms with E-state index in [4.69, 9.17) is 11.6 Å². The molecule has 1 aliphatic rings. The van der Waals surface area contributed by atoms with E-state index in [1.807, 2.05) is 0 Å². The average molecular weight is 409 g/mol. The minimum atomic E-state index is -3.13. The summed E-state index contributed by atoms with van der Waals surface area (Å²) in [5, 5.41) is 7.41. The van der Waals surface area contributed by atoms with E-state index < -0.39 is 11.7 Å². The Morgan fingerprint density at radius 3 is 2.93 bits per heavy atom. The van der Waals surface area contributed by atoms with Crippen molar-refractivity contribution >= 4 is 34.4 Å². The van der Waals surface area contributed by atoms with Crippen LogP contribution >= 0.6 is 22.9 Å². The molecule has 0 fully saturated rings. The lowest BCUT2D eigenvalue weighted by Gasteiger charge is -2.13. The fourth-order valence-electron chi connectivity index (χ4n) is 2.72. The van der Waals surface area contributed by atoms with Crippen LogP contribution in [0.5, 0.6) is 0 Å². The third-order valence-corrected chi connectivity index (χ3v) is 5.41. The van der Waals surface area contributed by atoms with Gasteiger partial charge in [0.15, 0.2) is 0 Å². The average Bonchev–Trinajstić information content (AvgIpc) is 3.05. The van der Waals surface area contributed by atoms with Gasteiger partial charge in [-0.25, -0.2) is 19.9 Å². The van der Waals surface area contributed by atoms with Crippen molar-refractivity contribution in [2.45, 2.75) is 25.8 Å².